The maximum Gasteiger partial charge on any atom is 0.0738 e. The molecule has 1 aliphatic rings. The van der Waals surface area contributed by atoms with Crippen LogP contribution in [0.4, 0.5) is 11.4 Å². The molecule has 0 aromatic carbocycles. The van der Waals surface area contributed by atoms with E-state index in [0.717, 1.165) is 49.8 Å². The summed E-state index contributed by atoms with van der Waals surface area (Å²) in [6, 6.07) is 4.16. The van der Waals surface area contributed by atoms with Gasteiger partial charge in [-0.25, -0.2) is 0 Å². The van der Waals surface area contributed by atoms with Crippen LogP contribution in [0.3, 0.4) is 0 Å². The summed E-state index contributed by atoms with van der Waals surface area (Å²) < 4.78 is 1.97. The molecule has 2 aromatic rings. The summed E-state index contributed by atoms with van der Waals surface area (Å²) in [5.74, 6) is 0. The molecule has 6 nitrogen and oxygen atoms in total. The lowest BCUT2D eigenvalue weighted by molar-refractivity contribution is 0.244. The van der Waals surface area contributed by atoms with Gasteiger partial charge in [0, 0.05) is 46.0 Å². The van der Waals surface area contributed by atoms with Crippen LogP contribution in [0.1, 0.15) is 11.4 Å². The van der Waals surface area contributed by atoms with Crippen LogP contribution in [0.2, 0.25) is 0 Å². The predicted octanol–water partition coefficient (Wildman–Crippen LogP) is 1.03. The Bertz CT molecular complexity index is 612. The zero-order valence-corrected chi connectivity index (χ0v) is 12.7. The third-order valence-electron chi connectivity index (χ3n) is 4.03. The van der Waals surface area contributed by atoms with Gasteiger partial charge in [-0.1, -0.05) is 0 Å². The van der Waals surface area contributed by atoms with Crippen molar-refractivity contribution in [1.29, 1.82) is 0 Å². The molecule has 1 saturated heterocycles. The van der Waals surface area contributed by atoms with Gasteiger partial charge in [0.2, 0.25) is 0 Å². The number of hydrogen-bond donors (Lipinski definition) is 1. The van der Waals surface area contributed by atoms with Crippen molar-refractivity contribution in [2.24, 2.45) is 7.05 Å². The number of piperazine rings is 1. The first-order valence-corrected chi connectivity index (χ1v) is 7.30. The first-order valence-electron chi connectivity index (χ1n) is 7.30. The number of rotatable bonds is 3. The van der Waals surface area contributed by atoms with E-state index in [0.29, 0.717) is 0 Å². The summed E-state index contributed by atoms with van der Waals surface area (Å²) in [5.41, 5.74) is 10.2. The Kier molecular flexibility index (Phi) is 3.79. The molecule has 0 atom stereocenters. The molecular formula is C15H22N6. The smallest absolute Gasteiger partial charge is 0.0738 e. The number of anilines is 2. The molecule has 0 unspecified atom stereocenters. The Morgan fingerprint density at radius 2 is 2.00 bits per heavy atom. The minimum Gasteiger partial charge on any atom is -0.396 e. The summed E-state index contributed by atoms with van der Waals surface area (Å²) in [6.07, 6.45) is 3.52. The van der Waals surface area contributed by atoms with Crippen molar-refractivity contribution in [3.63, 3.8) is 0 Å². The number of aryl methyl sites for hydroxylation is 2. The van der Waals surface area contributed by atoms with E-state index in [-0.39, 0.29) is 0 Å². The van der Waals surface area contributed by atoms with E-state index in [1.54, 1.807) is 12.4 Å². The second-order valence-corrected chi connectivity index (χ2v) is 5.60. The second-order valence-electron chi connectivity index (χ2n) is 5.60. The molecule has 0 bridgehead atoms. The molecule has 21 heavy (non-hydrogen) atoms. The summed E-state index contributed by atoms with van der Waals surface area (Å²) in [6.45, 7) is 7.04. The van der Waals surface area contributed by atoms with Gasteiger partial charge in [-0.2, -0.15) is 5.10 Å². The molecule has 1 fully saturated rings. The summed E-state index contributed by atoms with van der Waals surface area (Å²) in [4.78, 5) is 8.85. The monoisotopic (exact) mass is 286 g/mol. The van der Waals surface area contributed by atoms with E-state index in [1.807, 2.05) is 24.7 Å². The van der Waals surface area contributed by atoms with Gasteiger partial charge in [-0.15, -0.1) is 0 Å². The SMILES string of the molecule is Cc1cc(CN2CCN(c3ccncc3N)CC2)n(C)n1. The number of hydrogen-bond acceptors (Lipinski definition) is 5. The number of nitrogens with two attached hydrogens (primary N) is 1. The lowest BCUT2D eigenvalue weighted by Crippen LogP contribution is -2.46. The Morgan fingerprint density at radius 3 is 2.62 bits per heavy atom. The Labute approximate surface area is 125 Å². The Hall–Kier alpha value is -2.08. The van der Waals surface area contributed by atoms with Crippen molar-refractivity contribution in [1.82, 2.24) is 19.7 Å². The van der Waals surface area contributed by atoms with Gasteiger partial charge in [0.1, 0.15) is 0 Å². The fourth-order valence-corrected chi connectivity index (χ4v) is 2.88. The number of pyridine rings is 1. The predicted molar refractivity (Wildman–Crippen MR) is 84.1 cm³/mol. The highest BCUT2D eigenvalue weighted by Crippen LogP contribution is 2.22. The van der Waals surface area contributed by atoms with Crippen LogP contribution in [-0.2, 0) is 13.6 Å². The van der Waals surface area contributed by atoms with E-state index in [2.05, 4.69) is 25.9 Å². The largest absolute Gasteiger partial charge is 0.396 e. The molecule has 0 radical (unpaired) electrons. The Balaban J connectivity index is 1.60. The summed E-state index contributed by atoms with van der Waals surface area (Å²) in [7, 11) is 2.01. The molecule has 6 heteroatoms. The normalized spacial score (nSPS) is 16.4. The van der Waals surface area contributed by atoms with E-state index in [9.17, 15) is 0 Å². The van der Waals surface area contributed by atoms with Crippen molar-refractivity contribution in [2.45, 2.75) is 13.5 Å². The fourth-order valence-electron chi connectivity index (χ4n) is 2.88. The molecule has 0 saturated carbocycles. The molecule has 0 spiro atoms. The van der Waals surface area contributed by atoms with Crippen LogP contribution < -0.4 is 10.6 Å². The van der Waals surface area contributed by atoms with Gasteiger partial charge < -0.3 is 10.6 Å². The fraction of sp³-hybridized carbons (Fsp3) is 0.467. The maximum absolute atomic E-state index is 6.00. The molecule has 0 aliphatic carbocycles. The standard InChI is InChI=1S/C15H22N6/c1-12-9-13(19(2)18-12)11-20-5-7-21(8-6-20)15-3-4-17-10-14(15)16/h3-4,9-10H,5-8,11,16H2,1-2H3. The Morgan fingerprint density at radius 1 is 1.24 bits per heavy atom. The van der Waals surface area contributed by atoms with Gasteiger partial charge in [-0.3, -0.25) is 14.6 Å². The third kappa shape index (κ3) is 3.00. The lowest BCUT2D eigenvalue weighted by Gasteiger charge is -2.36. The second kappa shape index (κ2) is 5.73. The average molecular weight is 286 g/mol. The molecule has 2 N–H and O–H groups in total. The van der Waals surface area contributed by atoms with Crippen molar-refractivity contribution in [3.05, 3.63) is 35.9 Å². The highest BCUT2D eigenvalue weighted by atomic mass is 15.3. The summed E-state index contributed by atoms with van der Waals surface area (Å²) >= 11 is 0. The number of nitrogen functional groups attached to an aromatic ring is 1. The van der Waals surface area contributed by atoms with Gasteiger partial charge in [0.25, 0.3) is 0 Å². The van der Waals surface area contributed by atoms with Gasteiger partial charge in [0.05, 0.1) is 29.0 Å². The lowest BCUT2D eigenvalue weighted by atomic mass is 10.2. The van der Waals surface area contributed by atoms with E-state index in [4.69, 9.17) is 5.73 Å². The van der Waals surface area contributed by atoms with Crippen molar-refractivity contribution in [2.75, 3.05) is 36.8 Å². The van der Waals surface area contributed by atoms with Crippen LogP contribution in [0.5, 0.6) is 0 Å². The number of nitrogens with zero attached hydrogens (tertiary/aromatic N) is 5. The third-order valence-corrected chi connectivity index (χ3v) is 4.03. The first-order chi connectivity index (χ1) is 10.1. The quantitative estimate of drug-likeness (QED) is 0.913. The van der Waals surface area contributed by atoms with Gasteiger partial charge >= 0.3 is 0 Å². The van der Waals surface area contributed by atoms with Crippen molar-refractivity contribution < 1.29 is 0 Å². The molecular weight excluding hydrogens is 264 g/mol. The molecule has 1 aliphatic heterocycles. The minimum absolute atomic E-state index is 0.758. The minimum atomic E-state index is 0.758. The first kappa shape index (κ1) is 13.9. The van der Waals surface area contributed by atoms with E-state index < -0.39 is 0 Å². The highest BCUT2D eigenvalue weighted by Gasteiger charge is 2.19. The van der Waals surface area contributed by atoms with Crippen molar-refractivity contribution in [3.8, 4) is 0 Å². The molecule has 3 heterocycles. The van der Waals surface area contributed by atoms with Crippen LogP contribution in [0.25, 0.3) is 0 Å². The van der Waals surface area contributed by atoms with Crippen LogP contribution in [0, 0.1) is 6.92 Å². The topological polar surface area (TPSA) is 63.2 Å². The van der Waals surface area contributed by atoms with Crippen molar-refractivity contribution >= 4 is 11.4 Å². The molecule has 3 rings (SSSR count). The summed E-state index contributed by atoms with van der Waals surface area (Å²) in [5, 5.41) is 4.41. The zero-order valence-electron chi connectivity index (χ0n) is 12.7. The van der Waals surface area contributed by atoms with Crippen LogP contribution in [-0.4, -0.2) is 45.8 Å². The van der Waals surface area contributed by atoms with E-state index in [1.165, 1.54) is 5.69 Å². The van der Waals surface area contributed by atoms with Gasteiger partial charge in [0.15, 0.2) is 0 Å². The molecule has 112 valence electrons. The number of aromatic nitrogens is 3. The zero-order chi connectivity index (χ0) is 14.8. The van der Waals surface area contributed by atoms with Gasteiger partial charge in [-0.05, 0) is 19.1 Å². The highest BCUT2D eigenvalue weighted by molar-refractivity contribution is 5.66. The van der Waals surface area contributed by atoms with Crippen LogP contribution in [0.15, 0.2) is 24.5 Å². The van der Waals surface area contributed by atoms with E-state index >= 15 is 0 Å². The molecule has 2 aromatic heterocycles. The maximum atomic E-state index is 6.00. The van der Waals surface area contributed by atoms with Crippen LogP contribution >= 0.6 is 0 Å². The average Bonchev–Trinajstić information content (AvgIpc) is 2.78. The molecule has 0 amide bonds.